The van der Waals surface area contributed by atoms with Crippen LogP contribution in [0.5, 0.6) is 0 Å². The first-order valence-electron chi connectivity index (χ1n) is 7.11. The van der Waals surface area contributed by atoms with Crippen LogP contribution in [-0.4, -0.2) is 31.7 Å². The molecule has 0 saturated heterocycles. The molecule has 0 amide bonds. The Morgan fingerprint density at radius 1 is 1.44 bits per heavy atom. The summed E-state index contributed by atoms with van der Waals surface area (Å²) in [5, 5.41) is 3.40. The Hall–Kier alpha value is -0.220. The van der Waals surface area contributed by atoms with Crippen molar-refractivity contribution in [3.63, 3.8) is 0 Å². The minimum Gasteiger partial charge on any atom is -0.382 e. The Kier molecular flexibility index (Phi) is 6.50. The molecule has 0 aliphatic heterocycles. The lowest BCUT2D eigenvalue weighted by Crippen LogP contribution is -2.36. The van der Waals surface area contributed by atoms with Crippen molar-refractivity contribution in [1.82, 2.24) is 5.32 Å². The number of ether oxygens (including phenoxy) is 1. The summed E-state index contributed by atoms with van der Waals surface area (Å²) in [5.41, 5.74) is 0. The van der Waals surface area contributed by atoms with Crippen molar-refractivity contribution in [1.29, 1.82) is 0 Å². The van der Waals surface area contributed by atoms with Gasteiger partial charge in [-0.05, 0) is 45.1 Å². The van der Waals surface area contributed by atoms with Crippen LogP contribution in [-0.2, 0) is 4.74 Å². The number of methoxy groups -OCH3 is 1. The zero-order chi connectivity index (χ0) is 13.6. The second-order valence-corrected chi connectivity index (χ2v) is 5.59. The fourth-order valence-corrected chi connectivity index (χ4v) is 2.93. The van der Waals surface area contributed by atoms with Gasteiger partial charge in [0.15, 0.2) is 0 Å². The summed E-state index contributed by atoms with van der Waals surface area (Å²) in [4.78, 5) is 0. The van der Waals surface area contributed by atoms with Crippen molar-refractivity contribution in [2.75, 3.05) is 13.7 Å². The second-order valence-electron chi connectivity index (χ2n) is 5.59. The van der Waals surface area contributed by atoms with Crippen LogP contribution in [0.1, 0.15) is 52.4 Å². The number of nitrogens with one attached hydrogen (secondary N) is 1. The molecule has 3 atom stereocenters. The van der Waals surface area contributed by atoms with E-state index in [-0.39, 0.29) is 24.9 Å². The first-order chi connectivity index (χ1) is 8.46. The van der Waals surface area contributed by atoms with Gasteiger partial charge in [0, 0.05) is 26.0 Å². The Morgan fingerprint density at radius 3 is 2.72 bits per heavy atom. The number of halogens is 2. The molecule has 1 N–H and O–H groups in total. The molecule has 0 radical (unpaired) electrons. The van der Waals surface area contributed by atoms with E-state index in [9.17, 15) is 8.78 Å². The lowest BCUT2D eigenvalue weighted by Gasteiger charge is -2.32. The maximum absolute atomic E-state index is 13.4. The summed E-state index contributed by atoms with van der Waals surface area (Å²) in [6, 6.07) is 0.295. The quantitative estimate of drug-likeness (QED) is 0.757. The van der Waals surface area contributed by atoms with E-state index >= 15 is 0 Å². The number of hydrogen-bond acceptors (Lipinski definition) is 2. The highest BCUT2D eigenvalue weighted by Crippen LogP contribution is 2.38. The monoisotopic (exact) mass is 263 g/mol. The molecule has 0 aromatic rings. The molecule has 0 aromatic heterocycles. The van der Waals surface area contributed by atoms with Gasteiger partial charge in [0.25, 0.3) is 0 Å². The van der Waals surface area contributed by atoms with Gasteiger partial charge in [-0.25, -0.2) is 8.78 Å². The third kappa shape index (κ3) is 5.61. The van der Waals surface area contributed by atoms with Crippen LogP contribution in [0.2, 0.25) is 0 Å². The topological polar surface area (TPSA) is 21.3 Å². The predicted molar refractivity (Wildman–Crippen MR) is 70.1 cm³/mol. The van der Waals surface area contributed by atoms with E-state index in [1.54, 1.807) is 7.11 Å². The summed E-state index contributed by atoms with van der Waals surface area (Å²) in [6.45, 7) is 4.96. The number of alkyl halides is 2. The van der Waals surface area contributed by atoms with Gasteiger partial charge >= 0.3 is 0 Å². The van der Waals surface area contributed by atoms with Crippen LogP contribution in [0.4, 0.5) is 8.78 Å². The molecule has 108 valence electrons. The zero-order valence-electron chi connectivity index (χ0n) is 11.8. The molecule has 1 saturated carbocycles. The molecule has 4 heteroatoms. The van der Waals surface area contributed by atoms with Gasteiger partial charge in [-0.2, -0.15) is 0 Å². The van der Waals surface area contributed by atoms with Crippen molar-refractivity contribution in [3.05, 3.63) is 0 Å². The minimum absolute atomic E-state index is 0.0657. The van der Waals surface area contributed by atoms with Crippen molar-refractivity contribution < 1.29 is 13.5 Å². The SMILES string of the molecule is CCNC(CC1CCCC(F)(F)C1)CC(C)OC. The third-order valence-corrected chi connectivity index (χ3v) is 3.87. The van der Waals surface area contributed by atoms with Crippen LogP contribution in [0, 0.1) is 5.92 Å². The normalized spacial score (nSPS) is 26.8. The molecule has 2 nitrogen and oxygen atoms in total. The fraction of sp³-hybridized carbons (Fsp3) is 1.00. The van der Waals surface area contributed by atoms with E-state index in [1.165, 1.54) is 0 Å². The molecule has 1 fully saturated rings. The summed E-state index contributed by atoms with van der Waals surface area (Å²) in [6.07, 6.45) is 3.66. The van der Waals surface area contributed by atoms with Gasteiger partial charge in [-0.1, -0.05) is 6.92 Å². The Balaban J connectivity index is 2.44. The van der Waals surface area contributed by atoms with E-state index in [4.69, 9.17) is 4.74 Å². The highest BCUT2D eigenvalue weighted by Gasteiger charge is 2.36. The van der Waals surface area contributed by atoms with Crippen LogP contribution in [0.25, 0.3) is 0 Å². The molecule has 0 spiro atoms. The zero-order valence-corrected chi connectivity index (χ0v) is 11.8. The van der Waals surface area contributed by atoms with E-state index in [2.05, 4.69) is 12.2 Å². The lowest BCUT2D eigenvalue weighted by atomic mass is 9.82. The predicted octanol–water partition coefficient (Wildman–Crippen LogP) is 3.61. The van der Waals surface area contributed by atoms with Gasteiger partial charge in [0.2, 0.25) is 5.92 Å². The average Bonchev–Trinajstić information content (AvgIpc) is 2.27. The van der Waals surface area contributed by atoms with E-state index in [1.807, 2.05) is 6.92 Å². The highest BCUT2D eigenvalue weighted by molar-refractivity contribution is 4.82. The molecule has 3 unspecified atom stereocenters. The van der Waals surface area contributed by atoms with E-state index in [0.717, 1.165) is 25.8 Å². The summed E-state index contributed by atoms with van der Waals surface area (Å²) in [7, 11) is 1.70. The van der Waals surface area contributed by atoms with Crippen molar-refractivity contribution in [2.45, 2.75) is 70.4 Å². The Bertz CT molecular complexity index is 236. The molecule has 0 bridgehead atoms. The molecule has 1 rings (SSSR count). The van der Waals surface area contributed by atoms with E-state index in [0.29, 0.717) is 12.5 Å². The number of hydrogen-bond donors (Lipinski definition) is 1. The minimum atomic E-state index is -2.44. The van der Waals surface area contributed by atoms with Gasteiger partial charge in [0.1, 0.15) is 0 Å². The first-order valence-corrected chi connectivity index (χ1v) is 7.11. The molecule has 1 aliphatic rings. The molecular weight excluding hydrogens is 236 g/mol. The van der Waals surface area contributed by atoms with E-state index < -0.39 is 5.92 Å². The summed E-state index contributed by atoms with van der Waals surface area (Å²) in [5.74, 6) is -2.28. The molecule has 18 heavy (non-hydrogen) atoms. The summed E-state index contributed by atoms with van der Waals surface area (Å²) < 4.78 is 32.0. The average molecular weight is 263 g/mol. The smallest absolute Gasteiger partial charge is 0.248 e. The third-order valence-electron chi connectivity index (χ3n) is 3.87. The Labute approximate surface area is 109 Å². The van der Waals surface area contributed by atoms with Crippen LogP contribution < -0.4 is 5.32 Å². The Morgan fingerprint density at radius 2 is 2.17 bits per heavy atom. The summed E-state index contributed by atoms with van der Waals surface area (Å²) >= 11 is 0. The molecular formula is C14H27F2NO. The second kappa shape index (κ2) is 7.39. The van der Waals surface area contributed by atoms with Gasteiger partial charge in [0.05, 0.1) is 6.10 Å². The van der Waals surface area contributed by atoms with Crippen LogP contribution in [0.15, 0.2) is 0 Å². The van der Waals surface area contributed by atoms with Crippen LogP contribution >= 0.6 is 0 Å². The van der Waals surface area contributed by atoms with Gasteiger partial charge < -0.3 is 10.1 Å². The molecule has 1 aliphatic carbocycles. The maximum atomic E-state index is 13.4. The van der Waals surface area contributed by atoms with Gasteiger partial charge in [-0.3, -0.25) is 0 Å². The standard InChI is InChI=1S/C14H27F2NO/c1-4-17-13(8-11(2)18-3)9-12-6-5-7-14(15,16)10-12/h11-13,17H,4-10H2,1-3H3. The van der Waals surface area contributed by atoms with Gasteiger partial charge in [-0.15, -0.1) is 0 Å². The largest absolute Gasteiger partial charge is 0.382 e. The van der Waals surface area contributed by atoms with Crippen LogP contribution in [0.3, 0.4) is 0 Å². The van der Waals surface area contributed by atoms with Crippen molar-refractivity contribution >= 4 is 0 Å². The van der Waals surface area contributed by atoms with Crippen molar-refractivity contribution in [2.24, 2.45) is 5.92 Å². The molecule has 0 heterocycles. The lowest BCUT2D eigenvalue weighted by molar-refractivity contribution is -0.0553. The first kappa shape index (κ1) is 15.8. The number of rotatable bonds is 7. The highest BCUT2D eigenvalue weighted by atomic mass is 19.3. The fourth-order valence-electron chi connectivity index (χ4n) is 2.93. The van der Waals surface area contributed by atoms with Crippen molar-refractivity contribution in [3.8, 4) is 0 Å². The maximum Gasteiger partial charge on any atom is 0.248 e. The molecule has 0 aromatic carbocycles.